The summed E-state index contributed by atoms with van der Waals surface area (Å²) >= 11 is 0. The lowest BCUT2D eigenvalue weighted by molar-refractivity contribution is 1.18. The fourth-order valence-corrected chi connectivity index (χ4v) is 9.17. The van der Waals surface area contributed by atoms with Gasteiger partial charge in [-0.05, 0) is 65.0 Å². The van der Waals surface area contributed by atoms with E-state index in [2.05, 4.69) is 215 Å². The highest BCUT2D eigenvalue weighted by molar-refractivity contribution is 6.19. The van der Waals surface area contributed by atoms with Crippen molar-refractivity contribution in [2.75, 3.05) is 0 Å². The van der Waals surface area contributed by atoms with E-state index in [9.17, 15) is 0 Å². The van der Waals surface area contributed by atoms with Crippen molar-refractivity contribution in [3.05, 3.63) is 218 Å². The molecule has 0 aliphatic heterocycles. The topological polar surface area (TPSA) is 35.6 Å². The minimum Gasteiger partial charge on any atom is -0.309 e. The van der Waals surface area contributed by atoms with Crippen LogP contribution in [-0.2, 0) is 0 Å². The number of hydrogen-bond acceptors (Lipinski definition) is 2. The molecule has 0 saturated heterocycles. The summed E-state index contributed by atoms with van der Waals surface area (Å²) in [7, 11) is 0. The summed E-state index contributed by atoms with van der Waals surface area (Å²) in [4.78, 5) is 10.5. The smallest absolute Gasteiger partial charge is 0.160 e. The molecule has 0 N–H and O–H groups in total. The molecule has 0 aliphatic rings. The lowest BCUT2D eigenvalue weighted by Crippen LogP contribution is -1.98. The lowest BCUT2D eigenvalue weighted by Gasteiger charge is -2.15. The van der Waals surface area contributed by atoms with Crippen molar-refractivity contribution in [2.24, 2.45) is 0 Å². The van der Waals surface area contributed by atoms with E-state index in [0.717, 1.165) is 55.8 Å². The molecule has 280 valence electrons. The van der Waals surface area contributed by atoms with Gasteiger partial charge in [-0.1, -0.05) is 170 Å². The van der Waals surface area contributed by atoms with Crippen LogP contribution in [0.4, 0.5) is 0 Å². The minimum absolute atomic E-state index is 0.695. The Bertz CT molecular complexity index is 3570. The molecule has 0 unspecified atom stereocenters. The van der Waals surface area contributed by atoms with Gasteiger partial charge in [0.25, 0.3) is 0 Å². The van der Waals surface area contributed by atoms with Gasteiger partial charge in [-0.15, -0.1) is 0 Å². The highest BCUT2D eigenvalue weighted by atomic mass is 15.0. The minimum atomic E-state index is 0.695. The molecule has 4 heteroatoms. The maximum absolute atomic E-state index is 5.31. The van der Waals surface area contributed by atoms with E-state index in [0.29, 0.717) is 5.82 Å². The molecule has 0 aliphatic carbocycles. The van der Waals surface area contributed by atoms with Gasteiger partial charge in [0.1, 0.15) is 0 Å². The molecule has 0 fully saturated rings. The predicted molar refractivity (Wildman–Crippen MR) is 250 cm³/mol. The first-order valence-corrected chi connectivity index (χ1v) is 20.4. The van der Waals surface area contributed by atoms with E-state index in [-0.39, 0.29) is 0 Å². The van der Waals surface area contributed by atoms with Crippen LogP contribution in [0.25, 0.3) is 111 Å². The molecule has 4 nitrogen and oxygen atoms in total. The summed E-state index contributed by atoms with van der Waals surface area (Å²) in [6.07, 6.45) is 0. The Hall–Kier alpha value is -8.08. The van der Waals surface area contributed by atoms with Crippen molar-refractivity contribution in [3.8, 4) is 56.4 Å². The first-order valence-electron chi connectivity index (χ1n) is 20.4. The van der Waals surface area contributed by atoms with E-state index < -0.39 is 0 Å². The van der Waals surface area contributed by atoms with Gasteiger partial charge in [-0.25, -0.2) is 9.97 Å². The molecule has 0 amide bonds. The number of nitrogens with zero attached hydrogens (tertiary/aromatic N) is 4. The van der Waals surface area contributed by atoms with Gasteiger partial charge >= 0.3 is 0 Å². The summed E-state index contributed by atoms with van der Waals surface area (Å²) in [5, 5.41) is 7.18. The average molecular weight is 765 g/mol. The summed E-state index contributed by atoms with van der Waals surface area (Å²) in [5.41, 5.74) is 14.2. The van der Waals surface area contributed by atoms with Gasteiger partial charge in [0, 0.05) is 49.3 Å². The molecule has 0 spiro atoms. The van der Waals surface area contributed by atoms with Gasteiger partial charge in [-0.2, -0.15) is 0 Å². The summed E-state index contributed by atoms with van der Waals surface area (Å²) in [6.45, 7) is 0. The maximum atomic E-state index is 5.31. The SMILES string of the molecule is c1ccc(-c2ccc(-c3nc(-c4ccccc4)cc(-c4cccc5c(-n6c7ccccc7c7cc8c(cc76)c6ccccc6n8-c6ccccc6)cccc45)n3)cc2)cc1. The molecule has 12 rings (SSSR count). The van der Waals surface area contributed by atoms with Crippen LogP contribution in [0, 0.1) is 0 Å². The van der Waals surface area contributed by atoms with Crippen molar-refractivity contribution in [1.82, 2.24) is 19.1 Å². The summed E-state index contributed by atoms with van der Waals surface area (Å²) < 4.78 is 4.86. The Labute approximate surface area is 346 Å². The van der Waals surface area contributed by atoms with Crippen LogP contribution in [-0.4, -0.2) is 19.1 Å². The van der Waals surface area contributed by atoms with Crippen molar-refractivity contribution < 1.29 is 0 Å². The number of aromatic nitrogens is 4. The van der Waals surface area contributed by atoms with Gasteiger partial charge in [0.05, 0.1) is 39.1 Å². The van der Waals surface area contributed by atoms with Crippen molar-refractivity contribution in [2.45, 2.75) is 0 Å². The van der Waals surface area contributed by atoms with Crippen LogP contribution in [0.1, 0.15) is 0 Å². The van der Waals surface area contributed by atoms with Crippen LogP contribution < -0.4 is 0 Å². The predicted octanol–water partition coefficient (Wildman–Crippen LogP) is 14.5. The zero-order valence-corrected chi connectivity index (χ0v) is 32.6. The third kappa shape index (κ3) is 5.46. The number of fused-ring (bicyclic) bond motifs is 7. The van der Waals surface area contributed by atoms with E-state index in [1.165, 1.54) is 49.2 Å². The average Bonchev–Trinajstić information content (AvgIpc) is 3.83. The van der Waals surface area contributed by atoms with E-state index in [1.807, 2.05) is 12.1 Å². The van der Waals surface area contributed by atoms with Crippen LogP contribution in [0.5, 0.6) is 0 Å². The largest absolute Gasteiger partial charge is 0.309 e. The number of benzene rings is 9. The Balaban J connectivity index is 1.07. The van der Waals surface area contributed by atoms with Crippen LogP contribution in [0.3, 0.4) is 0 Å². The zero-order valence-electron chi connectivity index (χ0n) is 32.6. The second-order valence-corrected chi connectivity index (χ2v) is 15.4. The Morgan fingerprint density at radius 3 is 1.48 bits per heavy atom. The molecule has 0 saturated carbocycles. The first-order chi connectivity index (χ1) is 29.8. The standard InChI is InChI=1S/C56H36N4/c1-4-16-37(17-5-1)38-30-32-40(33-31-38)56-57-49(39-18-6-2-7-19-39)36-50(58-56)43-25-14-26-44-42(43)24-15-29-53(44)60-52-28-13-11-23-46(52)48-34-54-47(35-55(48)60)45-22-10-12-27-51(45)59(54)41-20-8-3-9-21-41/h1-36H. The van der Waals surface area contributed by atoms with Crippen LogP contribution in [0.15, 0.2) is 218 Å². The summed E-state index contributed by atoms with van der Waals surface area (Å²) in [5.74, 6) is 0.695. The first kappa shape index (κ1) is 34.0. The maximum Gasteiger partial charge on any atom is 0.160 e. The van der Waals surface area contributed by atoms with Crippen molar-refractivity contribution >= 4 is 54.4 Å². The molecular weight excluding hydrogens is 729 g/mol. The number of hydrogen-bond donors (Lipinski definition) is 0. The second-order valence-electron chi connectivity index (χ2n) is 15.4. The van der Waals surface area contributed by atoms with Crippen molar-refractivity contribution in [3.63, 3.8) is 0 Å². The lowest BCUT2D eigenvalue weighted by atomic mass is 9.99. The molecule has 60 heavy (non-hydrogen) atoms. The zero-order chi connectivity index (χ0) is 39.6. The number of para-hydroxylation sites is 3. The molecule has 12 aromatic rings. The summed E-state index contributed by atoms with van der Waals surface area (Å²) in [6, 6.07) is 77.9. The van der Waals surface area contributed by atoms with Gasteiger partial charge < -0.3 is 9.13 Å². The molecule has 9 aromatic carbocycles. The fraction of sp³-hybridized carbons (Fsp3) is 0. The third-order valence-electron chi connectivity index (χ3n) is 11.9. The Morgan fingerprint density at radius 1 is 0.283 bits per heavy atom. The molecule has 3 heterocycles. The van der Waals surface area contributed by atoms with Crippen LogP contribution in [0.2, 0.25) is 0 Å². The molecular formula is C56H36N4. The van der Waals surface area contributed by atoms with Gasteiger partial charge in [0.15, 0.2) is 5.82 Å². The molecule has 0 bridgehead atoms. The van der Waals surface area contributed by atoms with Gasteiger partial charge in [-0.3, -0.25) is 0 Å². The Kier molecular flexibility index (Phi) is 7.82. The Morgan fingerprint density at radius 2 is 0.783 bits per heavy atom. The second kappa shape index (κ2) is 13.8. The molecule has 0 atom stereocenters. The molecule has 3 aromatic heterocycles. The van der Waals surface area contributed by atoms with E-state index in [1.54, 1.807) is 0 Å². The van der Waals surface area contributed by atoms with Crippen molar-refractivity contribution in [1.29, 1.82) is 0 Å². The van der Waals surface area contributed by atoms with E-state index in [4.69, 9.17) is 9.97 Å². The van der Waals surface area contributed by atoms with Gasteiger partial charge in [0.2, 0.25) is 0 Å². The number of rotatable bonds is 6. The fourth-order valence-electron chi connectivity index (χ4n) is 9.17. The normalized spacial score (nSPS) is 11.7. The highest BCUT2D eigenvalue weighted by Crippen LogP contribution is 2.42. The quantitative estimate of drug-likeness (QED) is 0.169. The van der Waals surface area contributed by atoms with E-state index >= 15 is 0 Å². The molecule has 0 radical (unpaired) electrons. The highest BCUT2D eigenvalue weighted by Gasteiger charge is 2.20. The van der Waals surface area contributed by atoms with Crippen LogP contribution >= 0.6 is 0 Å². The third-order valence-corrected chi connectivity index (χ3v) is 11.9. The monoisotopic (exact) mass is 764 g/mol.